The second kappa shape index (κ2) is 6.21. The third-order valence-corrected chi connectivity index (χ3v) is 4.88. The predicted octanol–water partition coefficient (Wildman–Crippen LogP) is 3.88. The van der Waals surface area contributed by atoms with Gasteiger partial charge >= 0.3 is 0 Å². The lowest BCUT2D eigenvalue weighted by Crippen LogP contribution is -2.19. The minimum atomic E-state index is -0.177. The lowest BCUT2D eigenvalue weighted by Gasteiger charge is -1.98. The summed E-state index contributed by atoms with van der Waals surface area (Å²) in [7, 11) is 0. The van der Waals surface area contributed by atoms with Crippen LogP contribution in [0.4, 0.5) is 5.69 Å². The average molecular weight is 401 g/mol. The molecule has 1 fully saturated rings. The van der Waals surface area contributed by atoms with Gasteiger partial charge in [0.2, 0.25) is 0 Å². The molecule has 1 amide bonds. The average Bonchev–Trinajstić information content (AvgIpc) is 3.16. The molecule has 1 aromatic heterocycles. The zero-order chi connectivity index (χ0) is 16.5. The van der Waals surface area contributed by atoms with Crippen molar-refractivity contribution in [3.8, 4) is 0 Å². The summed E-state index contributed by atoms with van der Waals surface area (Å²) in [6, 6.07) is 13.0. The molecule has 24 heavy (non-hydrogen) atoms. The second-order valence-electron chi connectivity index (χ2n) is 4.95. The number of amidine groups is 1. The van der Waals surface area contributed by atoms with E-state index in [1.54, 1.807) is 12.1 Å². The molecule has 1 aliphatic heterocycles. The molecule has 8 heteroatoms. The van der Waals surface area contributed by atoms with Gasteiger partial charge in [-0.2, -0.15) is 0 Å². The van der Waals surface area contributed by atoms with Crippen LogP contribution in [0.25, 0.3) is 17.1 Å². The molecule has 0 atom stereocenters. The van der Waals surface area contributed by atoms with Crippen molar-refractivity contribution in [1.29, 1.82) is 0 Å². The van der Waals surface area contributed by atoms with Gasteiger partial charge in [-0.15, -0.1) is 0 Å². The number of aromatic nitrogens is 2. The van der Waals surface area contributed by atoms with Crippen LogP contribution in [0, 0.1) is 0 Å². The molecule has 0 bridgehead atoms. The van der Waals surface area contributed by atoms with E-state index in [2.05, 4.69) is 41.2 Å². The Balaban J connectivity index is 1.63. The van der Waals surface area contributed by atoms with Crippen LogP contribution < -0.4 is 5.32 Å². The number of carbonyl (C=O) groups is 1. The fourth-order valence-corrected chi connectivity index (χ4v) is 3.38. The van der Waals surface area contributed by atoms with Gasteiger partial charge < -0.3 is 5.32 Å². The standard InChI is InChI=1S/C16H9BrN4O2S/c17-10-3-1-2-4-11(10)18-16-19-15(22)14(24-16)8-9-5-6-12-13(7-9)21-23-20-12/h1-8H,(H,18,19,22)/b14-8-. The van der Waals surface area contributed by atoms with Crippen molar-refractivity contribution >= 4 is 61.6 Å². The minimum Gasteiger partial charge on any atom is -0.300 e. The fourth-order valence-electron chi connectivity index (χ4n) is 2.17. The van der Waals surface area contributed by atoms with E-state index < -0.39 is 0 Å². The summed E-state index contributed by atoms with van der Waals surface area (Å²) < 4.78 is 5.55. The van der Waals surface area contributed by atoms with Crippen LogP contribution in [0.1, 0.15) is 5.56 Å². The van der Waals surface area contributed by atoms with Crippen molar-refractivity contribution in [2.45, 2.75) is 0 Å². The molecule has 0 saturated carbocycles. The van der Waals surface area contributed by atoms with Crippen molar-refractivity contribution in [3.63, 3.8) is 0 Å². The smallest absolute Gasteiger partial charge is 0.264 e. The molecule has 2 aromatic carbocycles. The highest BCUT2D eigenvalue weighted by Gasteiger charge is 2.24. The van der Waals surface area contributed by atoms with E-state index >= 15 is 0 Å². The van der Waals surface area contributed by atoms with Crippen molar-refractivity contribution in [3.05, 3.63) is 57.4 Å². The van der Waals surface area contributed by atoms with Gasteiger partial charge in [0.05, 0.1) is 10.6 Å². The highest BCUT2D eigenvalue weighted by molar-refractivity contribution is 9.10. The maximum atomic E-state index is 12.1. The maximum Gasteiger partial charge on any atom is 0.264 e. The number of hydrogen-bond acceptors (Lipinski definition) is 6. The Hall–Kier alpha value is -2.45. The summed E-state index contributed by atoms with van der Waals surface area (Å²) in [6.45, 7) is 0. The summed E-state index contributed by atoms with van der Waals surface area (Å²) in [6.07, 6.45) is 1.79. The van der Waals surface area contributed by atoms with E-state index in [0.29, 0.717) is 21.1 Å². The van der Waals surface area contributed by atoms with Crippen LogP contribution in [0.15, 0.2) is 61.5 Å². The van der Waals surface area contributed by atoms with Gasteiger partial charge in [-0.25, -0.2) is 9.62 Å². The largest absolute Gasteiger partial charge is 0.300 e. The Morgan fingerprint density at radius 2 is 2.00 bits per heavy atom. The normalized spacial score (nSPS) is 17.8. The number of aliphatic imine (C=N–C) groups is 1. The first kappa shape index (κ1) is 15.1. The first-order valence-corrected chi connectivity index (χ1v) is 8.56. The number of amides is 1. The first-order valence-electron chi connectivity index (χ1n) is 6.95. The SMILES string of the molecule is O=C1NC(=Nc2ccccc2Br)S/C1=C\c1ccc2nonc2c1. The van der Waals surface area contributed by atoms with E-state index in [4.69, 9.17) is 0 Å². The Morgan fingerprint density at radius 1 is 1.17 bits per heavy atom. The van der Waals surface area contributed by atoms with E-state index in [-0.39, 0.29) is 5.91 Å². The Kier molecular flexibility index (Phi) is 3.91. The van der Waals surface area contributed by atoms with Gasteiger partial charge in [0.15, 0.2) is 5.17 Å². The molecule has 0 unspecified atom stereocenters. The molecule has 1 saturated heterocycles. The summed E-state index contributed by atoms with van der Waals surface area (Å²) in [4.78, 5) is 17.2. The maximum absolute atomic E-state index is 12.1. The fraction of sp³-hybridized carbons (Fsp3) is 0. The number of thioether (sulfide) groups is 1. The van der Waals surface area contributed by atoms with Gasteiger partial charge in [0.1, 0.15) is 11.0 Å². The Labute approximate surface area is 149 Å². The van der Waals surface area contributed by atoms with Crippen LogP contribution in [0.2, 0.25) is 0 Å². The molecular formula is C16H9BrN4O2S. The number of rotatable bonds is 2. The van der Waals surface area contributed by atoms with Gasteiger partial charge in [-0.05, 0) is 73.9 Å². The van der Waals surface area contributed by atoms with Gasteiger partial charge in [0.25, 0.3) is 5.91 Å². The molecule has 4 rings (SSSR count). The van der Waals surface area contributed by atoms with E-state index in [1.165, 1.54) is 11.8 Å². The lowest BCUT2D eigenvalue weighted by molar-refractivity contribution is -0.115. The molecule has 118 valence electrons. The van der Waals surface area contributed by atoms with Crippen LogP contribution in [-0.4, -0.2) is 21.4 Å². The van der Waals surface area contributed by atoms with E-state index in [9.17, 15) is 4.79 Å². The first-order chi connectivity index (χ1) is 11.7. The lowest BCUT2D eigenvalue weighted by atomic mass is 10.2. The molecule has 6 nitrogen and oxygen atoms in total. The van der Waals surface area contributed by atoms with Crippen LogP contribution in [0.3, 0.4) is 0 Å². The number of halogens is 1. The summed E-state index contributed by atoms with van der Waals surface area (Å²) in [5, 5.41) is 10.9. The Morgan fingerprint density at radius 3 is 2.88 bits per heavy atom. The molecule has 0 aliphatic carbocycles. The summed E-state index contributed by atoms with van der Waals surface area (Å²) in [5.74, 6) is -0.177. The monoisotopic (exact) mass is 400 g/mol. The van der Waals surface area contributed by atoms with Crippen LogP contribution in [-0.2, 0) is 4.79 Å². The van der Waals surface area contributed by atoms with Crippen LogP contribution in [0.5, 0.6) is 0 Å². The van der Waals surface area contributed by atoms with Gasteiger partial charge in [0, 0.05) is 4.47 Å². The highest BCUT2D eigenvalue weighted by atomic mass is 79.9. The number of fused-ring (bicyclic) bond motifs is 1. The van der Waals surface area contributed by atoms with E-state index in [1.807, 2.05) is 36.4 Å². The van der Waals surface area contributed by atoms with Crippen molar-refractivity contribution in [1.82, 2.24) is 15.6 Å². The van der Waals surface area contributed by atoms with E-state index in [0.717, 1.165) is 15.7 Å². The molecule has 2 heterocycles. The number of hydrogen-bond donors (Lipinski definition) is 1. The third kappa shape index (κ3) is 2.98. The zero-order valence-corrected chi connectivity index (χ0v) is 14.5. The number of nitrogens with one attached hydrogen (secondary N) is 1. The van der Waals surface area contributed by atoms with Crippen molar-refractivity contribution < 1.29 is 9.42 Å². The van der Waals surface area contributed by atoms with Crippen molar-refractivity contribution in [2.24, 2.45) is 4.99 Å². The number of carbonyl (C=O) groups excluding carboxylic acids is 1. The number of benzene rings is 2. The summed E-state index contributed by atoms with van der Waals surface area (Å²) >= 11 is 4.74. The molecular weight excluding hydrogens is 392 g/mol. The molecule has 1 N–H and O–H groups in total. The predicted molar refractivity (Wildman–Crippen MR) is 96.8 cm³/mol. The number of para-hydroxylation sites is 1. The van der Waals surface area contributed by atoms with Gasteiger partial charge in [-0.3, -0.25) is 4.79 Å². The third-order valence-electron chi connectivity index (χ3n) is 3.30. The highest BCUT2D eigenvalue weighted by Crippen LogP contribution is 2.31. The van der Waals surface area contributed by atoms with Crippen molar-refractivity contribution in [2.75, 3.05) is 0 Å². The summed E-state index contributed by atoms with van der Waals surface area (Å²) in [5.41, 5.74) is 2.93. The minimum absolute atomic E-state index is 0.177. The topological polar surface area (TPSA) is 80.4 Å². The molecule has 0 radical (unpaired) electrons. The Bertz CT molecular complexity index is 1010. The quantitative estimate of drug-likeness (QED) is 0.660. The zero-order valence-electron chi connectivity index (χ0n) is 12.1. The molecule has 3 aromatic rings. The van der Waals surface area contributed by atoms with Gasteiger partial charge in [-0.1, -0.05) is 18.2 Å². The second-order valence-corrected chi connectivity index (χ2v) is 6.83. The molecule has 1 aliphatic rings. The molecule has 0 spiro atoms. The van der Waals surface area contributed by atoms with Crippen LogP contribution >= 0.6 is 27.7 Å². The number of nitrogens with zero attached hydrogens (tertiary/aromatic N) is 3.